The first-order chi connectivity index (χ1) is 10.2. The number of anilines is 1. The van der Waals surface area contributed by atoms with Crippen molar-refractivity contribution in [1.29, 1.82) is 0 Å². The summed E-state index contributed by atoms with van der Waals surface area (Å²) in [6.07, 6.45) is 5.17. The number of rotatable bonds is 5. The maximum absolute atomic E-state index is 5.07. The standard InChI is InChI=1S/C18H29N3/c1-4-5-15-12-21(11-10-19-15)17-9-8-16(13(2)3)18(20-17)14-6-7-14/h8-9,13-15,19H,4-7,10-12H2,1-3H3. The molecule has 2 heterocycles. The zero-order chi connectivity index (χ0) is 14.8. The molecule has 1 saturated carbocycles. The van der Waals surface area contributed by atoms with E-state index in [0.29, 0.717) is 12.0 Å². The van der Waals surface area contributed by atoms with E-state index < -0.39 is 0 Å². The molecule has 2 aliphatic rings. The number of nitrogens with zero attached hydrogens (tertiary/aromatic N) is 2. The first-order valence-corrected chi connectivity index (χ1v) is 8.68. The first kappa shape index (κ1) is 14.8. The van der Waals surface area contributed by atoms with E-state index >= 15 is 0 Å². The number of nitrogens with one attached hydrogen (secondary N) is 1. The van der Waals surface area contributed by atoms with Gasteiger partial charge in [0.2, 0.25) is 0 Å². The second-order valence-electron chi connectivity index (χ2n) is 6.96. The number of aromatic nitrogens is 1. The molecule has 1 saturated heterocycles. The molecule has 1 atom stereocenters. The minimum atomic E-state index is 0.581. The summed E-state index contributed by atoms with van der Waals surface area (Å²) >= 11 is 0. The van der Waals surface area contributed by atoms with Crippen LogP contribution in [-0.2, 0) is 0 Å². The molecule has 2 fully saturated rings. The molecule has 0 bridgehead atoms. The van der Waals surface area contributed by atoms with Crippen LogP contribution in [0, 0.1) is 0 Å². The van der Waals surface area contributed by atoms with Gasteiger partial charge in [0.05, 0.1) is 0 Å². The van der Waals surface area contributed by atoms with Gasteiger partial charge in [-0.1, -0.05) is 33.3 Å². The number of hydrogen-bond donors (Lipinski definition) is 1. The highest BCUT2D eigenvalue weighted by Crippen LogP contribution is 2.42. The van der Waals surface area contributed by atoms with Crippen molar-refractivity contribution in [3.05, 3.63) is 23.4 Å². The maximum atomic E-state index is 5.07. The second-order valence-corrected chi connectivity index (χ2v) is 6.96. The lowest BCUT2D eigenvalue weighted by Gasteiger charge is -2.35. The molecule has 1 aliphatic carbocycles. The van der Waals surface area contributed by atoms with Crippen LogP contribution < -0.4 is 10.2 Å². The van der Waals surface area contributed by atoms with E-state index in [0.717, 1.165) is 25.6 Å². The minimum Gasteiger partial charge on any atom is -0.354 e. The predicted molar refractivity (Wildman–Crippen MR) is 89.2 cm³/mol. The Hall–Kier alpha value is -1.09. The fraction of sp³-hybridized carbons (Fsp3) is 0.722. The third kappa shape index (κ3) is 3.39. The fourth-order valence-corrected chi connectivity index (χ4v) is 3.40. The van der Waals surface area contributed by atoms with Gasteiger partial charge in [0, 0.05) is 37.3 Å². The quantitative estimate of drug-likeness (QED) is 0.896. The fourth-order valence-electron chi connectivity index (χ4n) is 3.40. The van der Waals surface area contributed by atoms with Gasteiger partial charge in [-0.15, -0.1) is 0 Å². The van der Waals surface area contributed by atoms with Crippen LogP contribution in [0.4, 0.5) is 5.82 Å². The van der Waals surface area contributed by atoms with Crippen molar-refractivity contribution in [1.82, 2.24) is 10.3 Å². The van der Waals surface area contributed by atoms with E-state index in [9.17, 15) is 0 Å². The molecule has 1 aromatic rings. The van der Waals surface area contributed by atoms with Crippen LogP contribution in [0.25, 0.3) is 0 Å². The lowest BCUT2D eigenvalue weighted by Crippen LogP contribution is -2.51. The molecule has 1 N–H and O–H groups in total. The van der Waals surface area contributed by atoms with Gasteiger partial charge in [-0.3, -0.25) is 0 Å². The average Bonchev–Trinajstić information content (AvgIpc) is 3.32. The predicted octanol–water partition coefficient (Wildman–Crippen LogP) is 3.66. The Balaban J connectivity index is 1.80. The zero-order valence-electron chi connectivity index (χ0n) is 13.7. The molecule has 0 radical (unpaired) electrons. The van der Waals surface area contributed by atoms with Crippen LogP contribution >= 0.6 is 0 Å². The van der Waals surface area contributed by atoms with E-state index in [1.807, 2.05) is 0 Å². The number of hydrogen-bond acceptors (Lipinski definition) is 3. The van der Waals surface area contributed by atoms with Crippen LogP contribution in [0.3, 0.4) is 0 Å². The van der Waals surface area contributed by atoms with Crippen molar-refractivity contribution < 1.29 is 0 Å². The molecule has 21 heavy (non-hydrogen) atoms. The van der Waals surface area contributed by atoms with Gasteiger partial charge in [-0.25, -0.2) is 4.98 Å². The molecule has 1 unspecified atom stereocenters. The Morgan fingerprint density at radius 3 is 2.81 bits per heavy atom. The zero-order valence-corrected chi connectivity index (χ0v) is 13.7. The third-order valence-electron chi connectivity index (χ3n) is 4.75. The van der Waals surface area contributed by atoms with Crippen LogP contribution in [0.2, 0.25) is 0 Å². The van der Waals surface area contributed by atoms with Gasteiger partial charge in [0.25, 0.3) is 0 Å². The van der Waals surface area contributed by atoms with Crippen molar-refractivity contribution in [2.75, 3.05) is 24.5 Å². The van der Waals surface area contributed by atoms with Crippen LogP contribution in [0.15, 0.2) is 12.1 Å². The van der Waals surface area contributed by atoms with Crippen molar-refractivity contribution in [2.45, 2.75) is 64.3 Å². The van der Waals surface area contributed by atoms with Crippen LogP contribution in [-0.4, -0.2) is 30.7 Å². The Morgan fingerprint density at radius 2 is 2.14 bits per heavy atom. The van der Waals surface area contributed by atoms with E-state index in [1.165, 1.54) is 42.8 Å². The topological polar surface area (TPSA) is 28.2 Å². The molecule has 0 amide bonds. The molecule has 3 heteroatoms. The second kappa shape index (κ2) is 6.35. The van der Waals surface area contributed by atoms with Gasteiger partial charge in [-0.05, 0) is 36.8 Å². The first-order valence-electron chi connectivity index (χ1n) is 8.68. The third-order valence-corrected chi connectivity index (χ3v) is 4.75. The van der Waals surface area contributed by atoms with Gasteiger partial charge in [0.1, 0.15) is 5.82 Å². The molecule has 3 rings (SSSR count). The average molecular weight is 287 g/mol. The summed E-state index contributed by atoms with van der Waals surface area (Å²) < 4.78 is 0. The molecule has 116 valence electrons. The van der Waals surface area contributed by atoms with Crippen LogP contribution in [0.1, 0.15) is 69.5 Å². The molecule has 3 nitrogen and oxygen atoms in total. The lowest BCUT2D eigenvalue weighted by atomic mass is 9.99. The van der Waals surface area contributed by atoms with E-state index in [1.54, 1.807) is 0 Å². The summed E-state index contributed by atoms with van der Waals surface area (Å²) in [5.41, 5.74) is 2.84. The highest BCUT2D eigenvalue weighted by molar-refractivity contribution is 5.45. The van der Waals surface area contributed by atoms with Gasteiger partial charge in [-0.2, -0.15) is 0 Å². The van der Waals surface area contributed by atoms with Gasteiger partial charge < -0.3 is 10.2 Å². The van der Waals surface area contributed by atoms with Gasteiger partial charge in [0.15, 0.2) is 0 Å². The summed E-state index contributed by atoms with van der Waals surface area (Å²) in [4.78, 5) is 7.55. The molecular weight excluding hydrogens is 258 g/mol. The summed E-state index contributed by atoms with van der Waals surface area (Å²) in [7, 11) is 0. The number of pyridine rings is 1. The molecular formula is C18H29N3. The number of piperazine rings is 1. The highest BCUT2D eigenvalue weighted by atomic mass is 15.2. The van der Waals surface area contributed by atoms with E-state index in [-0.39, 0.29) is 0 Å². The van der Waals surface area contributed by atoms with E-state index in [4.69, 9.17) is 4.98 Å². The van der Waals surface area contributed by atoms with Crippen molar-refractivity contribution in [2.24, 2.45) is 0 Å². The Labute approximate surface area is 129 Å². The van der Waals surface area contributed by atoms with Crippen molar-refractivity contribution in [3.8, 4) is 0 Å². The summed E-state index contributed by atoms with van der Waals surface area (Å²) in [5.74, 6) is 2.51. The minimum absolute atomic E-state index is 0.581. The largest absolute Gasteiger partial charge is 0.354 e. The molecule has 1 aliphatic heterocycles. The molecule has 1 aromatic heterocycles. The Morgan fingerprint density at radius 1 is 1.33 bits per heavy atom. The normalized spacial score (nSPS) is 22.9. The smallest absolute Gasteiger partial charge is 0.128 e. The monoisotopic (exact) mass is 287 g/mol. The van der Waals surface area contributed by atoms with Crippen molar-refractivity contribution >= 4 is 5.82 Å². The summed E-state index contributed by atoms with van der Waals surface area (Å²) in [6, 6.07) is 5.20. The molecule has 0 spiro atoms. The summed E-state index contributed by atoms with van der Waals surface area (Å²) in [5, 5.41) is 3.63. The Kier molecular flexibility index (Phi) is 4.48. The SMILES string of the molecule is CCCC1CN(c2ccc(C(C)C)c(C3CC3)n2)CCN1. The maximum Gasteiger partial charge on any atom is 0.128 e. The lowest BCUT2D eigenvalue weighted by molar-refractivity contribution is 0.429. The van der Waals surface area contributed by atoms with Gasteiger partial charge >= 0.3 is 0 Å². The molecule has 0 aromatic carbocycles. The van der Waals surface area contributed by atoms with E-state index in [2.05, 4.69) is 43.1 Å². The Bertz CT molecular complexity index is 477. The van der Waals surface area contributed by atoms with Crippen molar-refractivity contribution in [3.63, 3.8) is 0 Å². The van der Waals surface area contributed by atoms with Crippen LogP contribution in [0.5, 0.6) is 0 Å². The summed E-state index contributed by atoms with van der Waals surface area (Å²) in [6.45, 7) is 10.1. The highest BCUT2D eigenvalue weighted by Gasteiger charge is 2.29.